The van der Waals surface area contributed by atoms with Gasteiger partial charge in [0, 0.05) is 11.1 Å². The number of anilines is 1. The van der Waals surface area contributed by atoms with Crippen LogP contribution < -0.4 is 5.73 Å². The highest BCUT2D eigenvalue weighted by Crippen LogP contribution is 2.32. The van der Waals surface area contributed by atoms with Gasteiger partial charge in [-0.15, -0.1) is 21.5 Å². The quantitative estimate of drug-likeness (QED) is 0.669. The number of nitrogens with zero attached hydrogens (tertiary/aromatic N) is 4. The van der Waals surface area contributed by atoms with Crippen LogP contribution in [0.25, 0.3) is 11.4 Å². The number of nitrogen functional groups attached to an aromatic ring is 1. The van der Waals surface area contributed by atoms with Gasteiger partial charge in [-0.1, -0.05) is 30.3 Å². The van der Waals surface area contributed by atoms with E-state index in [1.165, 1.54) is 19.0 Å². The number of ether oxygens (including phenoxy) is 2. The van der Waals surface area contributed by atoms with Crippen LogP contribution in [0.1, 0.15) is 25.6 Å². The minimum Gasteiger partial charge on any atom is -0.465 e. The zero-order valence-corrected chi connectivity index (χ0v) is 14.8. The Morgan fingerprint density at radius 2 is 1.85 bits per heavy atom. The fraction of sp³-hybridized carbons (Fsp3) is 0.188. The number of aromatic nitrogens is 4. The van der Waals surface area contributed by atoms with E-state index in [-0.39, 0.29) is 22.0 Å². The SMILES string of the molecule is COC(=O)c1sc(N)c(C(=O)OC)c1Cn1nnc(-c2ccccc2)n1. The summed E-state index contributed by atoms with van der Waals surface area (Å²) in [5.41, 5.74) is 7.15. The normalized spacial score (nSPS) is 10.5. The predicted molar refractivity (Wildman–Crippen MR) is 93.8 cm³/mol. The Bertz CT molecular complexity index is 951. The zero-order valence-electron chi connectivity index (χ0n) is 14.0. The van der Waals surface area contributed by atoms with Crippen LogP contribution in [-0.2, 0) is 16.0 Å². The van der Waals surface area contributed by atoms with Crippen molar-refractivity contribution in [2.24, 2.45) is 0 Å². The second-order valence-corrected chi connectivity index (χ2v) is 6.19. The summed E-state index contributed by atoms with van der Waals surface area (Å²) < 4.78 is 9.54. The Labute approximate surface area is 152 Å². The number of carbonyl (C=O) groups is 2. The van der Waals surface area contributed by atoms with Gasteiger partial charge in [-0.25, -0.2) is 9.59 Å². The van der Waals surface area contributed by atoms with Crippen molar-refractivity contribution >= 4 is 28.3 Å². The Kier molecular flexibility index (Phi) is 4.94. The Morgan fingerprint density at radius 3 is 2.50 bits per heavy atom. The lowest BCUT2D eigenvalue weighted by Gasteiger charge is -2.05. The van der Waals surface area contributed by atoms with Gasteiger partial charge in [-0.3, -0.25) is 0 Å². The van der Waals surface area contributed by atoms with Crippen molar-refractivity contribution in [3.8, 4) is 11.4 Å². The Morgan fingerprint density at radius 1 is 1.15 bits per heavy atom. The predicted octanol–water partition coefficient (Wildman–Crippen LogP) is 1.61. The van der Waals surface area contributed by atoms with E-state index < -0.39 is 11.9 Å². The first-order valence-corrected chi connectivity index (χ1v) is 8.27. The first kappa shape index (κ1) is 17.5. The maximum Gasteiger partial charge on any atom is 0.348 e. The Balaban J connectivity index is 2.00. The molecule has 2 heterocycles. The smallest absolute Gasteiger partial charge is 0.348 e. The third-order valence-corrected chi connectivity index (χ3v) is 4.62. The molecule has 0 aliphatic carbocycles. The third kappa shape index (κ3) is 3.26. The third-order valence-electron chi connectivity index (χ3n) is 3.58. The summed E-state index contributed by atoms with van der Waals surface area (Å²) in [7, 11) is 2.49. The summed E-state index contributed by atoms with van der Waals surface area (Å²) in [4.78, 5) is 25.6. The molecule has 0 radical (unpaired) electrons. The maximum atomic E-state index is 12.1. The molecule has 0 unspecified atom stereocenters. The van der Waals surface area contributed by atoms with Crippen LogP contribution in [0.3, 0.4) is 0 Å². The van der Waals surface area contributed by atoms with E-state index in [9.17, 15) is 9.59 Å². The summed E-state index contributed by atoms with van der Waals surface area (Å²) in [5.74, 6) is -0.824. The molecule has 0 bridgehead atoms. The molecule has 0 spiro atoms. The summed E-state index contributed by atoms with van der Waals surface area (Å²) in [6, 6.07) is 9.31. The molecular weight excluding hydrogens is 358 g/mol. The van der Waals surface area contributed by atoms with Crippen molar-refractivity contribution in [2.75, 3.05) is 20.0 Å². The average molecular weight is 373 g/mol. The van der Waals surface area contributed by atoms with Crippen LogP contribution in [0, 0.1) is 0 Å². The van der Waals surface area contributed by atoms with Crippen molar-refractivity contribution in [3.05, 3.63) is 46.3 Å². The average Bonchev–Trinajstić information content (AvgIpc) is 3.26. The van der Waals surface area contributed by atoms with Gasteiger partial charge in [0.1, 0.15) is 9.88 Å². The minimum absolute atomic E-state index is 0.0163. The second-order valence-electron chi connectivity index (χ2n) is 5.14. The molecule has 2 N–H and O–H groups in total. The summed E-state index contributed by atoms with van der Waals surface area (Å²) >= 11 is 0.953. The molecule has 9 nitrogen and oxygen atoms in total. The van der Waals surface area contributed by atoms with Gasteiger partial charge < -0.3 is 15.2 Å². The lowest BCUT2D eigenvalue weighted by atomic mass is 10.1. The van der Waals surface area contributed by atoms with E-state index in [2.05, 4.69) is 15.4 Å². The molecule has 134 valence electrons. The number of tetrazole rings is 1. The molecule has 0 atom stereocenters. The molecule has 3 rings (SSSR count). The van der Waals surface area contributed by atoms with Crippen LogP contribution in [0.4, 0.5) is 5.00 Å². The number of hydrogen-bond acceptors (Lipinski definition) is 9. The van der Waals surface area contributed by atoms with Crippen molar-refractivity contribution in [2.45, 2.75) is 6.54 Å². The Hall–Kier alpha value is -3.27. The number of nitrogens with two attached hydrogens (primary N) is 1. The molecular formula is C16H15N5O4S. The molecule has 1 aromatic carbocycles. The standard InChI is InChI=1S/C16H15N5O4S/c1-24-15(22)11-10(12(16(23)25-2)26-13(11)17)8-21-19-14(18-20-21)9-6-4-3-5-7-9/h3-7H,8,17H2,1-2H3. The van der Waals surface area contributed by atoms with Gasteiger partial charge in [0.25, 0.3) is 0 Å². The molecule has 0 amide bonds. The van der Waals surface area contributed by atoms with Gasteiger partial charge in [0.2, 0.25) is 5.82 Å². The minimum atomic E-state index is -0.646. The second kappa shape index (κ2) is 7.31. The molecule has 0 fully saturated rings. The molecule has 26 heavy (non-hydrogen) atoms. The molecule has 10 heteroatoms. The number of rotatable bonds is 5. The van der Waals surface area contributed by atoms with Crippen LogP contribution in [-0.4, -0.2) is 46.4 Å². The zero-order chi connectivity index (χ0) is 18.7. The van der Waals surface area contributed by atoms with Gasteiger partial charge in [0.05, 0.1) is 26.3 Å². The van der Waals surface area contributed by atoms with Crippen LogP contribution in [0.5, 0.6) is 0 Å². The number of thiophene rings is 1. The van der Waals surface area contributed by atoms with E-state index in [4.69, 9.17) is 15.2 Å². The highest BCUT2D eigenvalue weighted by molar-refractivity contribution is 7.18. The highest BCUT2D eigenvalue weighted by Gasteiger charge is 2.28. The van der Waals surface area contributed by atoms with E-state index in [1.807, 2.05) is 30.3 Å². The van der Waals surface area contributed by atoms with Gasteiger partial charge >= 0.3 is 11.9 Å². The monoisotopic (exact) mass is 373 g/mol. The summed E-state index contributed by atoms with van der Waals surface area (Å²) in [6.07, 6.45) is 0. The number of methoxy groups -OCH3 is 2. The van der Waals surface area contributed by atoms with E-state index in [0.29, 0.717) is 11.4 Å². The summed E-state index contributed by atoms with van der Waals surface area (Å²) in [6.45, 7) is 0.0163. The maximum absolute atomic E-state index is 12.1. The van der Waals surface area contributed by atoms with Crippen molar-refractivity contribution in [3.63, 3.8) is 0 Å². The molecule has 3 aromatic rings. The molecule has 0 aliphatic rings. The first-order valence-electron chi connectivity index (χ1n) is 7.46. The van der Waals surface area contributed by atoms with Gasteiger partial charge in [-0.05, 0) is 5.21 Å². The van der Waals surface area contributed by atoms with E-state index in [1.54, 1.807) is 0 Å². The lowest BCUT2D eigenvalue weighted by molar-refractivity contribution is 0.0601. The number of benzene rings is 1. The van der Waals surface area contributed by atoms with Crippen molar-refractivity contribution in [1.29, 1.82) is 0 Å². The van der Waals surface area contributed by atoms with E-state index in [0.717, 1.165) is 16.9 Å². The van der Waals surface area contributed by atoms with Crippen molar-refractivity contribution < 1.29 is 19.1 Å². The topological polar surface area (TPSA) is 122 Å². The first-order chi connectivity index (χ1) is 12.5. The largest absolute Gasteiger partial charge is 0.465 e. The number of carbonyl (C=O) groups excluding carboxylic acids is 2. The molecule has 0 saturated heterocycles. The van der Waals surface area contributed by atoms with Crippen LogP contribution >= 0.6 is 11.3 Å². The van der Waals surface area contributed by atoms with Gasteiger partial charge in [-0.2, -0.15) is 4.80 Å². The molecule has 0 saturated carbocycles. The number of hydrogen-bond donors (Lipinski definition) is 1. The highest BCUT2D eigenvalue weighted by atomic mass is 32.1. The summed E-state index contributed by atoms with van der Waals surface area (Å²) in [5, 5.41) is 12.4. The van der Waals surface area contributed by atoms with Crippen LogP contribution in [0.15, 0.2) is 30.3 Å². The van der Waals surface area contributed by atoms with Crippen LogP contribution in [0.2, 0.25) is 0 Å². The lowest BCUT2D eigenvalue weighted by Crippen LogP contribution is -2.13. The molecule has 2 aromatic heterocycles. The molecule has 0 aliphatic heterocycles. The van der Waals surface area contributed by atoms with E-state index >= 15 is 0 Å². The van der Waals surface area contributed by atoms with Gasteiger partial charge in [0.15, 0.2) is 0 Å². The fourth-order valence-electron chi connectivity index (χ4n) is 2.37. The fourth-order valence-corrected chi connectivity index (χ4v) is 3.36. The van der Waals surface area contributed by atoms with Crippen molar-refractivity contribution in [1.82, 2.24) is 20.2 Å². The number of esters is 2.